The van der Waals surface area contributed by atoms with Crippen LogP contribution in [0.2, 0.25) is 0 Å². The molecule has 9 heteroatoms. The SMILES string of the molecule is Cc1ccc([C@H]2C[C@H](c3noc(Cn4cnc5c(N)nccc5c4=O)n3)CO2)cc1. The van der Waals surface area contributed by atoms with E-state index in [-0.39, 0.29) is 29.9 Å². The summed E-state index contributed by atoms with van der Waals surface area (Å²) in [7, 11) is 0. The van der Waals surface area contributed by atoms with Crippen LogP contribution in [0.4, 0.5) is 5.82 Å². The summed E-state index contributed by atoms with van der Waals surface area (Å²) < 4.78 is 12.8. The van der Waals surface area contributed by atoms with Crippen LogP contribution in [0.3, 0.4) is 0 Å². The van der Waals surface area contributed by atoms with E-state index in [1.54, 1.807) is 6.07 Å². The maximum Gasteiger partial charge on any atom is 0.261 e. The standard InChI is InChI=1S/C21H20N6O3/c1-12-2-4-13(5-3-12)16-8-14(10-29-16)20-25-17(30-26-20)9-27-11-24-18-15(21(27)28)6-7-23-19(18)22/h2-7,11,14,16H,8-10H2,1H3,(H2,22,23)/t14-,16+/m0/s1. The van der Waals surface area contributed by atoms with Crippen molar-refractivity contribution in [2.75, 3.05) is 12.3 Å². The van der Waals surface area contributed by atoms with E-state index in [1.165, 1.54) is 22.7 Å². The van der Waals surface area contributed by atoms with Crippen LogP contribution in [0.25, 0.3) is 10.9 Å². The van der Waals surface area contributed by atoms with Crippen molar-refractivity contribution in [3.05, 3.63) is 76.1 Å². The smallest absolute Gasteiger partial charge is 0.261 e. The molecule has 2 N–H and O–H groups in total. The van der Waals surface area contributed by atoms with E-state index in [9.17, 15) is 4.79 Å². The summed E-state index contributed by atoms with van der Waals surface area (Å²) in [6.07, 6.45) is 3.70. The zero-order valence-electron chi connectivity index (χ0n) is 16.4. The van der Waals surface area contributed by atoms with Gasteiger partial charge in [-0.05, 0) is 25.0 Å². The van der Waals surface area contributed by atoms with Gasteiger partial charge in [0.1, 0.15) is 17.9 Å². The van der Waals surface area contributed by atoms with E-state index in [2.05, 4.69) is 51.3 Å². The molecule has 4 heterocycles. The van der Waals surface area contributed by atoms with Crippen molar-refractivity contribution in [3.8, 4) is 0 Å². The number of hydrogen-bond acceptors (Lipinski definition) is 8. The largest absolute Gasteiger partial charge is 0.382 e. The summed E-state index contributed by atoms with van der Waals surface area (Å²) in [5.41, 5.74) is 8.30. The molecule has 3 aromatic heterocycles. The first kappa shape index (κ1) is 18.4. The summed E-state index contributed by atoms with van der Waals surface area (Å²) in [6, 6.07) is 9.93. The lowest BCUT2D eigenvalue weighted by Gasteiger charge is -2.09. The Bertz CT molecular complexity index is 1260. The van der Waals surface area contributed by atoms with Gasteiger partial charge in [0.05, 0.1) is 24.4 Å². The topological polar surface area (TPSA) is 122 Å². The van der Waals surface area contributed by atoms with Gasteiger partial charge < -0.3 is 15.0 Å². The molecular formula is C21H20N6O3. The average Bonchev–Trinajstić information content (AvgIpc) is 3.41. The number of aryl methyl sites for hydroxylation is 1. The minimum Gasteiger partial charge on any atom is -0.382 e. The molecule has 1 saturated heterocycles. The predicted molar refractivity (Wildman–Crippen MR) is 109 cm³/mol. The van der Waals surface area contributed by atoms with Gasteiger partial charge in [-0.3, -0.25) is 9.36 Å². The maximum atomic E-state index is 12.7. The number of hydrogen-bond donors (Lipinski definition) is 1. The average molecular weight is 404 g/mol. The number of nitrogen functional groups attached to an aromatic ring is 1. The Labute approximate surface area is 171 Å². The molecule has 4 aromatic rings. The van der Waals surface area contributed by atoms with Crippen LogP contribution < -0.4 is 11.3 Å². The minimum absolute atomic E-state index is 0.0175. The molecule has 0 radical (unpaired) electrons. The van der Waals surface area contributed by atoms with Gasteiger partial charge in [0, 0.05) is 12.1 Å². The Morgan fingerprint density at radius 2 is 2.03 bits per heavy atom. The zero-order valence-corrected chi connectivity index (χ0v) is 16.4. The van der Waals surface area contributed by atoms with E-state index >= 15 is 0 Å². The number of anilines is 1. The fourth-order valence-corrected chi connectivity index (χ4v) is 3.69. The van der Waals surface area contributed by atoms with E-state index < -0.39 is 0 Å². The molecule has 5 rings (SSSR count). The van der Waals surface area contributed by atoms with Crippen molar-refractivity contribution < 1.29 is 9.26 Å². The summed E-state index contributed by atoms with van der Waals surface area (Å²) in [5.74, 6) is 1.20. The molecule has 1 aromatic carbocycles. The first-order valence-corrected chi connectivity index (χ1v) is 9.69. The van der Waals surface area contributed by atoms with Crippen LogP contribution in [-0.4, -0.2) is 31.3 Å². The fraction of sp³-hybridized carbons (Fsp3) is 0.286. The highest BCUT2D eigenvalue weighted by atomic mass is 16.5. The third-order valence-corrected chi connectivity index (χ3v) is 5.37. The third kappa shape index (κ3) is 3.33. The number of benzene rings is 1. The van der Waals surface area contributed by atoms with Gasteiger partial charge in [0.2, 0.25) is 5.89 Å². The predicted octanol–water partition coefficient (Wildman–Crippen LogP) is 2.36. The quantitative estimate of drug-likeness (QED) is 0.550. The second-order valence-corrected chi connectivity index (χ2v) is 7.48. The van der Waals surface area contributed by atoms with Gasteiger partial charge in [-0.1, -0.05) is 35.0 Å². The van der Waals surface area contributed by atoms with Crippen LogP contribution in [0.15, 0.2) is 52.2 Å². The van der Waals surface area contributed by atoms with Gasteiger partial charge in [-0.15, -0.1) is 0 Å². The Balaban J connectivity index is 1.33. The lowest BCUT2D eigenvalue weighted by Crippen LogP contribution is -2.21. The minimum atomic E-state index is -0.238. The molecule has 0 aliphatic carbocycles. The zero-order chi connectivity index (χ0) is 20.7. The van der Waals surface area contributed by atoms with Crippen molar-refractivity contribution in [2.45, 2.75) is 31.9 Å². The van der Waals surface area contributed by atoms with Crippen molar-refractivity contribution in [1.82, 2.24) is 24.7 Å². The summed E-state index contributed by atoms with van der Waals surface area (Å²) in [5, 5.41) is 4.51. The number of aromatic nitrogens is 5. The molecule has 30 heavy (non-hydrogen) atoms. The molecule has 1 aliphatic heterocycles. The highest BCUT2D eigenvalue weighted by Gasteiger charge is 2.31. The number of fused-ring (bicyclic) bond motifs is 1. The van der Waals surface area contributed by atoms with Gasteiger partial charge in [-0.25, -0.2) is 9.97 Å². The van der Waals surface area contributed by atoms with Gasteiger partial charge in [-0.2, -0.15) is 4.98 Å². The Morgan fingerprint density at radius 3 is 2.87 bits per heavy atom. The molecule has 0 bridgehead atoms. The lowest BCUT2D eigenvalue weighted by molar-refractivity contribution is 0.110. The molecule has 1 aliphatic rings. The summed E-state index contributed by atoms with van der Waals surface area (Å²) in [4.78, 5) is 25.4. The van der Waals surface area contributed by atoms with Gasteiger partial charge >= 0.3 is 0 Å². The van der Waals surface area contributed by atoms with E-state index in [0.29, 0.717) is 29.2 Å². The maximum absolute atomic E-state index is 12.7. The normalized spacial score (nSPS) is 18.8. The van der Waals surface area contributed by atoms with Crippen LogP contribution in [0, 0.1) is 6.92 Å². The molecule has 9 nitrogen and oxygen atoms in total. The number of ether oxygens (including phenoxy) is 1. The van der Waals surface area contributed by atoms with Crippen LogP contribution in [-0.2, 0) is 11.3 Å². The Kier molecular flexibility index (Phi) is 4.51. The molecule has 0 amide bonds. The number of nitrogens with two attached hydrogens (primary N) is 1. The van der Waals surface area contributed by atoms with Gasteiger partial charge in [0.25, 0.3) is 5.56 Å². The van der Waals surface area contributed by atoms with E-state index in [4.69, 9.17) is 15.0 Å². The highest BCUT2D eigenvalue weighted by Crippen LogP contribution is 2.37. The van der Waals surface area contributed by atoms with Crippen LogP contribution in [0.5, 0.6) is 0 Å². The number of pyridine rings is 1. The second-order valence-electron chi connectivity index (χ2n) is 7.48. The molecule has 0 unspecified atom stereocenters. The molecule has 2 atom stereocenters. The van der Waals surface area contributed by atoms with Crippen molar-refractivity contribution in [1.29, 1.82) is 0 Å². The van der Waals surface area contributed by atoms with Crippen molar-refractivity contribution in [3.63, 3.8) is 0 Å². The summed E-state index contributed by atoms with van der Waals surface area (Å²) >= 11 is 0. The summed E-state index contributed by atoms with van der Waals surface area (Å²) in [6.45, 7) is 2.72. The number of rotatable bonds is 4. The van der Waals surface area contributed by atoms with Crippen molar-refractivity contribution >= 4 is 16.7 Å². The van der Waals surface area contributed by atoms with Crippen LogP contribution in [0.1, 0.15) is 41.3 Å². The third-order valence-electron chi connectivity index (χ3n) is 5.37. The fourth-order valence-electron chi connectivity index (χ4n) is 3.69. The van der Waals surface area contributed by atoms with Crippen LogP contribution >= 0.6 is 0 Å². The number of nitrogens with zero attached hydrogens (tertiary/aromatic N) is 5. The monoisotopic (exact) mass is 404 g/mol. The van der Waals surface area contributed by atoms with E-state index in [1.807, 2.05) is 0 Å². The Morgan fingerprint density at radius 1 is 1.20 bits per heavy atom. The van der Waals surface area contributed by atoms with Crippen molar-refractivity contribution in [2.24, 2.45) is 0 Å². The molecule has 0 spiro atoms. The molecular weight excluding hydrogens is 384 g/mol. The molecule has 0 saturated carbocycles. The molecule has 1 fully saturated rings. The first-order chi connectivity index (χ1) is 14.6. The van der Waals surface area contributed by atoms with Gasteiger partial charge in [0.15, 0.2) is 5.82 Å². The van der Waals surface area contributed by atoms with E-state index in [0.717, 1.165) is 12.0 Å². The lowest BCUT2D eigenvalue weighted by atomic mass is 9.99. The first-order valence-electron chi connectivity index (χ1n) is 9.69. The highest BCUT2D eigenvalue weighted by molar-refractivity contribution is 5.85. The Hall–Kier alpha value is -3.59. The second kappa shape index (κ2) is 7.34. The molecule has 152 valence electrons.